The van der Waals surface area contributed by atoms with Crippen molar-refractivity contribution in [3.8, 4) is 0 Å². The van der Waals surface area contributed by atoms with Crippen LogP contribution in [0.5, 0.6) is 0 Å². The predicted octanol–water partition coefficient (Wildman–Crippen LogP) is 3.78. The maximum atomic E-state index is 12.3. The van der Waals surface area contributed by atoms with Crippen molar-refractivity contribution in [3.05, 3.63) is 41.2 Å². The van der Waals surface area contributed by atoms with Gasteiger partial charge in [-0.25, -0.2) is 18.4 Å². The largest absolute Gasteiger partial charge is 0.309 e. The molecule has 1 aromatic carbocycles. The van der Waals surface area contributed by atoms with Gasteiger partial charge in [0.2, 0.25) is 5.95 Å². The fourth-order valence-electron chi connectivity index (χ4n) is 2.66. The Balaban J connectivity index is 2.68. The van der Waals surface area contributed by atoms with Crippen LogP contribution in [0.15, 0.2) is 29.2 Å². The maximum Gasteiger partial charge on any atom is 0.230 e. The summed E-state index contributed by atoms with van der Waals surface area (Å²) in [7, 11) is -3.37. The molecule has 0 unspecified atom stereocenters. The maximum absolute atomic E-state index is 12.3. The highest BCUT2D eigenvalue weighted by Crippen LogP contribution is 2.32. The highest BCUT2D eigenvalue weighted by molar-refractivity contribution is 7.90. The van der Waals surface area contributed by atoms with Crippen LogP contribution in [0.2, 0.25) is 0 Å². The number of nitrogens with zero attached hydrogens (tertiary/aromatic N) is 3. The first-order chi connectivity index (χ1) is 11.1. The Kier molecular flexibility index (Phi) is 5.28. The lowest BCUT2D eigenvalue weighted by molar-refractivity contribution is 0.601. The monoisotopic (exact) mass is 347 g/mol. The van der Waals surface area contributed by atoms with E-state index in [4.69, 9.17) is 0 Å². The molecule has 0 aliphatic heterocycles. The molecule has 2 rings (SSSR count). The zero-order valence-corrected chi connectivity index (χ0v) is 16.0. The Morgan fingerprint density at radius 1 is 1.08 bits per heavy atom. The van der Waals surface area contributed by atoms with Crippen LogP contribution in [0.3, 0.4) is 0 Å². The Morgan fingerprint density at radius 2 is 1.67 bits per heavy atom. The topological polar surface area (TPSA) is 63.2 Å². The van der Waals surface area contributed by atoms with Gasteiger partial charge in [-0.05, 0) is 50.5 Å². The molecular formula is C18H25N3O2S. The van der Waals surface area contributed by atoms with E-state index in [1.165, 1.54) is 6.26 Å². The predicted molar refractivity (Wildman–Crippen MR) is 97.8 cm³/mol. The van der Waals surface area contributed by atoms with Crippen LogP contribution in [0.25, 0.3) is 0 Å². The summed E-state index contributed by atoms with van der Waals surface area (Å²) in [5.74, 6) is 0.782. The minimum absolute atomic E-state index is 0.257. The van der Waals surface area contributed by atoms with Crippen LogP contribution >= 0.6 is 0 Å². The molecule has 0 radical (unpaired) electrons. The average molecular weight is 347 g/mol. The van der Waals surface area contributed by atoms with Gasteiger partial charge < -0.3 is 4.90 Å². The molecule has 0 aliphatic carbocycles. The number of aromatic nitrogens is 2. The van der Waals surface area contributed by atoms with Gasteiger partial charge in [-0.2, -0.15) is 0 Å². The molecule has 1 aromatic heterocycles. The van der Waals surface area contributed by atoms with Crippen molar-refractivity contribution in [1.82, 2.24) is 9.97 Å². The van der Waals surface area contributed by atoms with Crippen molar-refractivity contribution in [3.63, 3.8) is 0 Å². The lowest BCUT2D eigenvalue weighted by Crippen LogP contribution is -2.22. The summed E-state index contributed by atoms with van der Waals surface area (Å²) >= 11 is 0. The molecule has 0 saturated carbocycles. The smallest absolute Gasteiger partial charge is 0.230 e. The standard InChI is InChI=1S/C18H25N3O2S/c1-7-21(18-19-13(4)10-14(5)20-18)16-9-8-15(12(2)3)11-17(16)24(6,22)23/h8-12H,7H2,1-6H3. The van der Waals surface area contributed by atoms with Crippen molar-refractivity contribution in [2.24, 2.45) is 0 Å². The Hall–Kier alpha value is -1.95. The molecule has 0 saturated heterocycles. The van der Waals surface area contributed by atoms with Crippen molar-refractivity contribution in [2.45, 2.75) is 45.4 Å². The molecule has 2 aromatic rings. The number of anilines is 2. The molecule has 1 heterocycles. The van der Waals surface area contributed by atoms with E-state index in [0.717, 1.165) is 17.0 Å². The van der Waals surface area contributed by atoms with E-state index in [0.29, 0.717) is 23.1 Å². The summed E-state index contributed by atoms with van der Waals surface area (Å²) in [6.45, 7) is 10.4. The normalized spacial score (nSPS) is 11.8. The van der Waals surface area contributed by atoms with Crippen LogP contribution in [0, 0.1) is 13.8 Å². The van der Waals surface area contributed by atoms with Gasteiger partial charge >= 0.3 is 0 Å². The summed E-state index contributed by atoms with van der Waals surface area (Å²) in [5, 5.41) is 0. The molecule has 0 amide bonds. The first-order valence-corrected chi connectivity index (χ1v) is 9.96. The number of benzene rings is 1. The first kappa shape index (κ1) is 18.4. The number of aryl methyl sites for hydroxylation is 2. The zero-order chi connectivity index (χ0) is 18.1. The third kappa shape index (κ3) is 3.93. The fraction of sp³-hybridized carbons (Fsp3) is 0.444. The molecule has 6 heteroatoms. The molecule has 130 valence electrons. The van der Waals surface area contributed by atoms with Crippen LogP contribution in [0.1, 0.15) is 43.6 Å². The lowest BCUT2D eigenvalue weighted by atomic mass is 10.0. The SMILES string of the molecule is CCN(c1nc(C)cc(C)n1)c1ccc(C(C)C)cc1S(C)(=O)=O. The minimum Gasteiger partial charge on any atom is -0.309 e. The average Bonchev–Trinajstić information content (AvgIpc) is 2.46. The summed E-state index contributed by atoms with van der Waals surface area (Å²) < 4.78 is 24.7. The fourth-order valence-corrected chi connectivity index (χ4v) is 3.57. The highest BCUT2D eigenvalue weighted by Gasteiger charge is 2.21. The van der Waals surface area contributed by atoms with Gasteiger partial charge in [0.25, 0.3) is 0 Å². The second-order valence-electron chi connectivity index (χ2n) is 6.35. The quantitative estimate of drug-likeness (QED) is 0.823. The Morgan fingerprint density at radius 3 is 2.12 bits per heavy atom. The van der Waals surface area contributed by atoms with E-state index in [9.17, 15) is 8.42 Å². The molecule has 24 heavy (non-hydrogen) atoms. The van der Waals surface area contributed by atoms with E-state index in [1.807, 2.05) is 57.7 Å². The highest BCUT2D eigenvalue weighted by atomic mass is 32.2. The molecule has 0 fully saturated rings. The van der Waals surface area contributed by atoms with Gasteiger partial charge in [0.15, 0.2) is 9.84 Å². The van der Waals surface area contributed by atoms with E-state index < -0.39 is 9.84 Å². The van der Waals surface area contributed by atoms with E-state index in [-0.39, 0.29) is 5.92 Å². The van der Waals surface area contributed by atoms with Crippen molar-refractivity contribution in [1.29, 1.82) is 0 Å². The van der Waals surface area contributed by atoms with E-state index in [2.05, 4.69) is 9.97 Å². The molecular weight excluding hydrogens is 322 g/mol. The molecule has 0 N–H and O–H groups in total. The van der Waals surface area contributed by atoms with Gasteiger partial charge in [0, 0.05) is 24.2 Å². The molecule has 5 nitrogen and oxygen atoms in total. The Bertz CT molecular complexity index is 825. The van der Waals surface area contributed by atoms with Crippen LogP contribution in [-0.4, -0.2) is 31.2 Å². The van der Waals surface area contributed by atoms with Crippen molar-refractivity contribution >= 4 is 21.5 Å². The number of hydrogen-bond donors (Lipinski definition) is 0. The van der Waals surface area contributed by atoms with Crippen LogP contribution < -0.4 is 4.90 Å². The number of hydrogen-bond acceptors (Lipinski definition) is 5. The van der Waals surface area contributed by atoms with Gasteiger partial charge in [-0.3, -0.25) is 0 Å². The van der Waals surface area contributed by atoms with Gasteiger partial charge in [0.1, 0.15) is 0 Å². The van der Waals surface area contributed by atoms with Gasteiger partial charge in [-0.15, -0.1) is 0 Å². The lowest BCUT2D eigenvalue weighted by Gasteiger charge is -2.24. The number of rotatable bonds is 5. The molecule has 0 aliphatic rings. The van der Waals surface area contributed by atoms with E-state index in [1.54, 1.807) is 6.07 Å². The van der Waals surface area contributed by atoms with Gasteiger partial charge in [-0.1, -0.05) is 19.9 Å². The molecule has 0 atom stereocenters. The second-order valence-corrected chi connectivity index (χ2v) is 8.33. The third-order valence-corrected chi connectivity index (χ3v) is 4.99. The molecule has 0 spiro atoms. The van der Waals surface area contributed by atoms with Crippen LogP contribution in [0.4, 0.5) is 11.6 Å². The summed E-state index contributed by atoms with van der Waals surface area (Å²) in [4.78, 5) is 11.1. The Labute approximate surface area is 144 Å². The summed E-state index contributed by atoms with van der Waals surface area (Å²) in [5.41, 5.74) is 3.33. The third-order valence-electron chi connectivity index (χ3n) is 3.87. The summed E-state index contributed by atoms with van der Waals surface area (Å²) in [6.07, 6.45) is 1.24. The van der Waals surface area contributed by atoms with Crippen molar-refractivity contribution in [2.75, 3.05) is 17.7 Å². The number of sulfone groups is 1. The van der Waals surface area contributed by atoms with E-state index >= 15 is 0 Å². The summed E-state index contributed by atoms with van der Waals surface area (Å²) in [6, 6.07) is 7.49. The first-order valence-electron chi connectivity index (χ1n) is 8.07. The zero-order valence-electron chi connectivity index (χ0n) is 15.2. The minimum atomic E-state index is -3.37. The molecule has 0 bridgehead atoms. The van der Waals surface area contributed by atoms with Gasteiger partial charge in [0.05, 0.1) is 10.6 Å². The van der Waals surface area contributed by atoms with Crippen molar-refractivity contribution < 1.29 is 8.42 Å². The van der Waals surface area contributed by atoms with Crippen LogP contribution in [-0.2, 0) is 9.84 Å². The second kappa shape index (κ2) is 6.89.